The van der Waals surface area contributed by atoms with Gasteiger partial charge in [0, 0.05) is 6.42 Å². The van der Waals surface area contributed by atoms with Crippen molar-refractivity contribution in [2.75, 3.05) is 0 Å². The molecule has 1 aliphatic rings. The minimum absolute atomic E-state index is 0.0336. The van der Waals surface area contributed by atoms with E-state index in [4.69, 9.17) is 9.57 Å². The van der Waals surface area contributed by atoms with Gasteiger partial charge in [0.25, 0.3) is 0 Å². The number of oxime groups is 1. The molecule has 1 heterocycles. The zero-order chi connectivity index (χ0) is 13.1. The third kappa shape index (κ3) is 2.96. The fourth-order valence-electron chi connectivity index (χ4n) is 1.93. The molecule has 4 heteroatoms. The van der Waals surface area contributed by atoms with Crippen molar-refractivity contribution >= 4 is 20.6 Å². The highest BCUT2D eigenvalue weighted by Gasteiger charge is 2.21. The monoisotopic (exact) mass is 317 g/mol. The molecular formula is C15H12BrNO2. The van der Waals surface area contributed by atoms with E-state index in [0.717, 1.165) is 28.1 Å². The van der Waals surface area contributed by atoms with Gasteiger partial charge >= 0.3 is 0 Å². The average molecular weight is 318 g/mol. The van der Waals surface area contributed by atoms with Crippen LogP contribution in [0.2, 0.25) is 0 Å². The Labute approximate surface area is 120 Å². The maximum Gasteiger partial charge on any atom is 0.158 e. The van der Waals surface area contributed by atoms with Crippen LogP contribution in [0.15, 0.2) is 59.8 Å². The van der Waals surface area contributed by atoms with E-state index in [0.29, 0.717) is 0 Å². The molecule has 2 aromatic rings. The highest BCUT2D eigenvalue weighted by molar-refractivity contribution is 9.18. The quantitative estimate of drug-likeness (QED) is 0.825. The first kappa shape index (κ1) is 12.2. The van der Waals surface area contributed by atoms with Gasteiger partial charge in [-0.1, -0.05) is 35.5 Å². The first-order valence-electron chi connectivity index (χ1n) is 6.02. The fraction of sp³-hybridized carbons (Fsp3) is 0.133. The molecule has 3 rings (SSSR count). The minimum atomic E-state index is -0.0336. The van der Waals surface area contributed by atoms with Crippen LogP contribution in [0.4, 0.5) is 0 Å². The van der Waals surface area contributed by atoms with E-state index in [9.17, 15) is 0 Å². The third-order valence-corrected chi connectivity index (χ3v) is 3.31. The molecular weight excluding hydrogens is 306 g/mol. The molecule has 0 aliphatic carbocycles. The van der Waals surface area contributed by atoms with Crippen LogP contribution in [-0.2, 0) is 4.84 Å². The van der Waals surface area contributed by atoms with Gasteiger partial charge in [0.2, 0.25) is 0 Å². The number of hydrogen-bond donors (Lipinski definition) is 0. The number of nitrogens with zero attached hydrogens (tertiary/aromatic N) is 1. The Kier molecular flexibility index (Phi) is 3.51. The average Bonchev–Trinajstić information content (AvgIpc) is 2.87. The number of ether oxygens (including phenoxy) is 1. The van der Waals surface area contributed by atoms with Gasteiger partial charge < -0.3 is 9.57 Å². The lowest BCUT2D eigenvalue weighted by atomic mass is 10.1. The number of halogens is 1. The van der Waals surface area contributed by atoms with Crippen molar-refractivity contribution in [2.24, 2.45) is 5.16 Å². The molecule has 19 heavy (non-hydrogen) atoms. The van der Waals surface area contributed by atoms with Crippen molar-refractivity contribution in [1.82, 2.24) is 0 Å². The summed E-state index contributed by atoms with van der Waals surface area (Å²) in [5.74, 6) is 1.62. The van der Waals surface area contributed by atoms with Gasteiger partial charge in [-0.05, 0) is 45.8 Å². The minimum Gasteiger partial charge on any atom is -0.457 e. The lowest BCUT2D eigenvalue weighted by Gasteiger charge is -2.11. The highest BCUT2D eigenvalue weighted by atomic mass is 79.9. The molecule has 0 bridgehead atoms. The Morgan fingerprint density at radius 3 is 2.58 bits per heavy atom. The Morgan fingerprint density at radius 1 is 1.05 bits per heavy atom. The molecule has 1 aliphatic heterocycles. The molecule has 0 fully saturated rings. The lowest BCUT2D eigenvalue weighted by Crippen LogP contribution is -1.97. The molecule has 0 radical (unpaired) electrons. The summed E-state index contributed by atoms with van der Waals surface area (Å²) in [6.07, 6.45) is 0.725. The standard InChI is InChI=1S/C15H12BrNO2/c16-15-10-14(19-17-15)11-5-4-8-13(9-11)18-12-6-2-1-3-7-12/h1-9,14H,10H2. The van der Waals surface area contributed by atoms with Crippen molar-refractivity contribution in [3.63, 3.8) is 0 Å². The van der Waals surface area contributed by atoms with Crippen LogP contribution in [0, 0.1) is 0 Å². The third-order valence-electron chi connectivity index (χ3n) is 2.84. The molecule has 96 valence electrons. The second kappa shape index (κ2) is 5.45. The summed E-state index contributed by atoms with van der Waals surface area (Å²) in [5.41, 5.74) is 1.06. The molecule has 0 spiro atoms. The molecule has 0 amide bonds. The van der Waals surface area contributed by atoms with Crippen LogP contribution >= 0.6 is 15.9 Å². The van der Waals surface area contributed by atoms with Crippen LogP contribution in [0.25, 0.3) is 0 Å². The van der Waals surface area contributed by atoms with E-state index >= 15 is 0 Å². The molecule has 1 unspecified atom stereocenters. The first-order chi connectivity index (χ1) is 9.31. The van der Waals surface area contributed by atoms with Gasteiger partial charge in [-0.25, -0.2) is 0 Å². The second-order valence-electron chi connectivity index (χ2n) is 4.25. The van der Waals surface area contributed by atoms with Crippen LogP contribution in [0.1, 0.15) is 18.1 Å². The molecule has 0 saturated heterocycles. The summed E-state index contributed by atoms with van der Waals surface area (Å²) in [5, 5.41) is 3.90. The molecule has 0 saturated carbocycles. The Bertz CT molecular complexity index is 598. The number of rotatable bonds is 3. The molecule has 0 aromatic heterocycles. The van der Waals surface area contributed by atoms with Gasteiger partial charge in [-0.3, -0.25) is 0 Å². The van der Waals surface area contributed by atoms with Gasteiger partial charge in [0.1, 0.15) is 16.1 Å². The highest BCUT2D eigenvalue weighted by Crippen LogP contribution is 2.31. The summed E-state index contributed by atoms with van der Waals surface area (Å²) in [7, 11) is 0. The predicted molar refractivity (Wildman–Crippen MR) is 77.8 cm³/mol. The van der Waals surface area contributed by atoms with Gasteiger partial charge in [0.15, 0.2) is 6.10 Å². The lowest BCUT2D eigenvalue weighted by molar-refractivity contribution is 0.0856. The maximum atomic E-state index is 5.80. The number of hydrogen-bond acceptors (Lipinski definition) is 3. The van der Waals surface area contributed by atoms with E-state index in [1.54, 1.807) is 0 Å². The first-order valence-corrected chi connectivity index (χ1v) is 6.81. The molecule has 3 nitrogen and oxygen atoms in total. The topological polar surface area (TPSA) is 30.8 Å². The maximum absolute atomic E-state index is 5.80. The van der Waals surface area contributed by atoms with E-state index in [2.05, 4.69) is 21.1 Å². The normalized spacial score (nSPS) is 17.7. The van der Waals surface area contributed by atoms with Crippen molar-refractivity contribution in [3.05, 3.63) is 60.2 Å². The van der Waals surface area contributed by atoms with Crippen molar-refractivity contribution < 1.29 is 9.57 Å². The van der Waals surface area contributed by atoms with Crippen LogP contribution in [0.3, 0.4) is 0 Å². The van der Waals surface area contributed by atoms with Gasteiger partial charge in [-0.2, -0.15) is 0 Å². The number of benzene rings is 2. The molecule has 2 aromatic carbocycles. The number of para-hydroxylation sites is 1. The van der Waals surface area contributed by atoms with Crippen molar-refractivity contribution in [1.29, 1.82) is 0 Å². The zero-order valence-corrected chi connectivity index (χ0v) is 11.7. The SMILES string of the molecule is BrC1=NOC(c2cccc(Oc3ccccc3)c2)C1. The Balaban J connectivity index is 1.77. The van der Waals surface area contributed by atoms with Crippen molar-refractivity contribution in [2.45, 2.75) is 12.5 Å². The summed E-state index contributed by atoms with van der Waals surface area (Å²) in [6, 6.07) is 17.6. The predicted octanol–water partition coefficient (Wildman–Crippen LogP) is 4.65. The van der Waals surface area contributed by atoms with Gasteiger partial charge in [-0.15, -0.1) is 0 Å². The van der Waals surface area contributed by atoms with Crippen molar-refractivity contribution in [3.8, 4) is 11.5 Å². The van der Waals surface area contributed by atoms with E-state index < -0.39 is 0 Å². The zero-order valence-electron chi connectivity index (χ0n) is 10.1. The van der Waals surface area contributed by atoms with Crippen LogP contribution in [-0.4, -0.2) is 4.62 Å². The fourth-order valence-corrected chi connectivity index (χ4v) is 2.31. The molecule has 1 atom stereocenters. The summed E-state index contributed by atoms with van der Waals surface area (Å²) in [4.78, 5) is 5.34. The largest absolute Gasteiger partial charge is 0.457 e. The summed E-state index contributed by atoms with van der Waals surface area (Å²) >= 11 is 3.34. The summed E-state index contributed by atoms with van der Waals surface area (Å²) in [6.45, 7) is 0. The summed E-state index contributed by atoms with van der Waals surface area (Å²) < 4.78 is 6.64. The van der Waals surface area contributed by atoms with E-state index in [1.165, 1.54) is 0 Å². The van der Waals surface area contributed by atoms with Crippen LogP contribution in [0.5, 0.6) is 11.5 Å². The molecule has 0 N–H and O–H groups in total. The van der Waals surface area contributed by atoms with Crippen LogP contribution < -0.4 is 4.74 Å². The van der Waals surface area contributed by atoms with Gasteiger partial charge in [0.05, 0.1) is 0 Å². The second-order valence-corrected chi connectivity index (χ2v) is 5.17. The van der Waals surface area contributed by atoms with E-state index in [-0.39, 0.29) is 6.10 Å². The smallest absolute Gasteiger partial charge is 0.158 e. The van der Waals surface area contributed by atoms with E-state index in [1.807, 2.05) is 54.6 Å². The Morgan fingerprint density at radius 2 is 1.84 bits per heavy atom. The Hall–Kier alpha value is -1.81.